The molecule has 1 amide bonds. The Morgan fingerprint density at radius 2 is 1.91 bits per heavy atom. The first-order chi connectivity index (χ1) is 5.22. The Kier molecular flexibility index (Phi) is 2.26. The van der Waals surface area contributed by atoms with Crippen molar-refractivity contribution >= 4 is 5.91 Å². The van der Waals surface area contributed by atoms with Gasteiger partial charge in [-0.2, -0.15) is 0 Å². The Morgan fingerprint density at radius 1 is 1.36 bits per heavy atom. The molecule has 1 aromatic rings. The van der Waals surface area contributed by atoms with Crippen molar-refractivity contribution in [1.82, 2.24) is 0 Å². The van der Waals surface area contributed by atoms with Crippen molar-refractivity contribution in [1.29, 1.82) is 0 Å². The highest BCUT2D eigenvalue weighted by molar-refractivity contribution is 5.82. The van der Waals surface area contributed by atoms with Gasteiger partial charge in [0.15, 0.2) is 0 Å². The lowest BCUT2D eigenvalue weighted by molar-refractivity contribution is -0.118. The van der Waals surface area contributed by atoms with Gasteiger partial charge in [-0.25, -0.2) is 0 Å². The van der Waals surface area contributed by atoms with Gasteiger partial charge in [0.25, 0.3) is 0 Å². The Labute approximate surface area is 66.0 Å². The molecular weight excluding hydrogens is 138 g/mol. The van der Waals surface area contributed by atoms with Gasteiger partial charge < -0.3 is 5.73 Å². The molecule has 0 heterocycles. The second-order valence-corrected chi connectivity index (χ2v) is 2.37. The predicted molar refractivity (Wildman–Crippen MR) is 43.7 cm³/mol. The number of nitrogens with two attached hydrogens (primary N) is 1. The Balaban J connectivity index is 2.85. The van der Waals surface area contributed by atoms with E-state index in [-0.39, 0.29) is 0 Å². The smallest absolute Gasteiger partial charge is 0.224 e. The zero-order valence-corrected chi connectivity index (χ0v) is 6.16. The van der Waals surface area contributed by atoms with Crippen LogP contribution in [0.4, 0.5) is 0 Å². The molecule has 0 spiro atoms. The minimum atomic E-state index is -0.434. The van der Waals surface area contributed by atoms with Gasteiger partial charge in [0.05, 0.1) is 5.92 Å². The normalized spacial score (nSPS) is 12.5. The molecule has 1 rings (SSSR count). The molecule has 0 unspecified atom stereocenters. The molecule has 1 aromatic carbocycles. The zero-order valence-electron chi connectivity index (χ0n) is 6.16. The summed E-state index contributed by atoms with van der Waals surface area (Å²) in [4.78, 5) is 10.7. The van der Waals surface area contributed by atoms with Crippen LogP contribution in [0, 0.1) is 6.92 Å². The van der Waals surface area contributed by atoms with Gasteiger partial charge in [-0.15, -0.1) is 0 Å². The maximum absolute atomic E-state index is 10.7. The van der Waals surface area contributed by atoms with Crippen LogP contribution >= 0.6 is 0 Å². The molecule has 0 aromatic heterocycles. The molecule has 0 saturated carbocycles. The maximum Gasteiger partial charge on any atom is 0.224 e. The van der Waals surface area contributed by atoms with E-state index in [2.05, 4.69) is 6.92 Å². The summed E-state index contributed by atoms with van der Waals surface area (Å²) in [5, 5.41) is 0. The van der Waals surface area contributed by atoms with E-state index < -0.39 is 11.8 Å². The van der Waals surface area contributed by atoms with Crippen LogP contribution in [-0.2, 0) is 4.79 Å². The number of primary amides is 1. The Morgan fingerprint density at radius 3 is 2.36 bits per heavy atom. The van der Waals surface area contributed by atoms with Crippen molar-refractivity contribution in [3.8, 4) is 0 Å². The molecule has 0 aliphatic carbocycles. The SMILES string of the molecule is [CH2][C@H](C(N)=O)c1ccccc1. The molecule has 57 valence electrons. The van der Waals surface area contributed by atoms with Crippen molar-refractivity contribution in [3.63, 3.8) is 0 Å². The second kappa shape index (κ2) is 3.19. The van der Waals surface area contributed by atoms with Crippen molar-refractivity contribution in [3.05, 3.63) is 42.8 Å². The quantitative estimate of drug-likeness (QED) is 0.670. The fourth-order valence-electron chi connectivity index (χ4n) is 0.850. The third-order valence-electron chi connectivity index (χ3n) is 1.55. The lowest BCUT2D eigenvalue weighted by Gasteiger charge is -2.05. The second-order valence-electron chi connectivity index (χ2n) is 2.37. The van der Waals surface area contributed by atoms with Gasteiger partial charge in [0.2, 0.25) is 5.91 Å². The molecule has 11 heavy (non-hydrogen) atoms. The summed E-state index contributed by atoms with van der Waals surface area (Å²) in [7, 11) is 0. The molecule has 0 aliphatic rings. The molecule has 2 heteroatoms. The number of carbonyl (C=O) groups excluding carboxylic acids is 1. The Hall–Kier alpha value is -1.31. The fourth-order valence-corrected chi connectivity index (χ4v) is 0.850. The fraction of sp³-hybridized carbons (Fsp3) is 0.111. The van der Waals surface area contributed by atoms with Gasteiger partial charge in [-0.1, -0.05) is 30.3 Å². The highest BCUT2D eigenvalue weighted by Gasteiger charge is 2.09. The molecule has 1 radical (unpaired) electrons. The van der Waals surface area contributed by atoms with Crippen LogP contribution in [0.1, 0.15) is 11.5 Å². The summed E-state index contributed by atoms with van der Waals surface area (Å²) >= 11 is 0. The predicted octanol–water partition coefficient (Wildman–Crippen LogP) is 1.09. The van der Waals surface area contributed by atoms with Crippen LogP contribution in [0.2, 0.25) is 0 Å². The minimum Gasteiger partial charge on any atom is -0.369 e. The largest absolute Gasteiger partial charge is 0.369 e. The first-order valence-electron chi connectivity index (χ1n) is 3.39. The zero-order chi connectivity index (χ0) is 8.27. The molecule has 0 fully saturated rings. The highest BCUT2D eigenvalue weighted by Crippen LogP contribution is 2.12. The van der Waals surface area contributed by atoms with Crippen LogP contribution in [0.3, 0.4) is 0 Å². The van der Waals surface area contributed by atoms with Gasteiger partial charge in [0, 0.05) is 0 Å². The van der Waals surface area contributed by atoms with E-state index in [4.69, 9.17) is 5.73 Å². The van der Waals surface area contributed by atoms with E-state index in [1.807, 2.05) is 30.3 Å². The number of hydrogen-bond donors (Lipinski definition) is 1. The lowest BCUT2D eigenvalue weighted by atomic mass is 10.0. The van der Waals surface area contributed by atoms with Crippen LogP contribution < -0.4 is 5.73 Å². The van der Waals surface area contributed by atoms with Crippen LogP contribution in [-0.4, -0.2) is 5.91 Å². The van der Waals surface area contributed by atoms with Crippen molar-refractivity contribution < 1.29 is 4.79 Å². The van der Waals surface area contributed by atoms with Crippen LogP contribution in [0.25, 0.3) is 0 Å². The summed E-state index contributed by atoms with van der Waals surface area (Å²) < 4.78 is 0. The summed E-state index contributed by atoms with van der Waals surface area (Å²) in [6.07, 6.45) is 0. The van der Waals surface area contributed by atoms with Crippen LogP contribution in [0.15, 0.2) is 30.3 Å². The third-order valence-corrected chi connectivity index (χ3v) is 1.55. The number of amides is 1. The molecule has 2 N–H and O–H groups in total. The highest BCUT2D eigenvalue weighted by atomic mass is 16.1. The maximum atomic E-state index is 10.7. The van der Waals surface area contributed by atoms with Gasteiger partial charge >= 0.3 is 0 Å². The molecule has 0 bridgehead atoms. The van der Waals surface area contributed by atoms with Crippen molar-refractivity contribution in [2.75, 3.05) is 0 Å². The molecular formula is C9H10NO. The number of carbonyl (C=O) groups is 1. The van der Waals surface area contributed by atoms with E-state index >= 15 is 0 Å². The Bertz CT molecular complexity index is 243. The summed E-state index contributed by atoms with van der Waals surface area (Å²) in [5.41, 5.74) is 5.93. The van der Waals surface area contributed by atoms with Crippen molar-refractivity contribution in [2.24, 2.45) is 5.73 Å². The number of benzene rings is 1. The third kappa shape index (κ3) is 1.80. The van der Waals surface area contributed by atoms with E-state index in [0.717, 1.165) is 5.56 Å². The summed E-state index contributed by atoms with van der Waals surface area (Å²) in [6.45, 7) is 3.63. The topological polar surface area (TPSA) is 43.1 Å². The van der Waals surface area contributed by atoms with E-state index in [0.29, 0.717) is 0 Å². The molecule has 1 atom stereocenters. The van der Waals surface area contributed by atoms with E-state index in [1.54, 1.807) is 0 Å². The van der Waals surface area contributed by atoms with Crippen molar-refractivity contribution in [2.45, 2.75) is 5.92 Å². The average molecular weight is 148 g/mol. The van der Waals surface area contributed by atoms with Gasteiger partial charge in [-0.05, 0) is 12.5 Å². The monoisotopic (exact) mass is 148 g/mol. The molecule has 2 nitrogen and oxygen atoms in total. The first-order valence-corrected chi connectivity index (χ1v) is 3.39. The molecule has 0 saturated heterocycles. The summed E-state index contributed by atoms with van der Waals surface area (Å²) in [6, 6.07) is 9.27. The summed E-state index contributed by atoms with van der Waals surface area (Å²) in [5.74, 6) is -0.826. The van der Waals surface area contributed by atoms with Crippen LogP contribution in [0.5, 0.6) is 0 Å². The first kappa shape index (κ1) is 7.79. The van der Waals surface area contributed by atoms with E-state index in [9.17, 15) is 4.79 Å². The number of rotatable bonds is 2. The van der Waals surface area contributed by atoms with Gasteiger partial charge in [0.1, 0.15) is 0 Å². The standard InChI is InChI=1S/C9H10NO/c1-7(9(10)11)8-5-3-2-4-6-8/h2-7H,1H2,(H2,10,11)/t7-/m0/s1. The number of hydrogen-bond acceptors (Lipinski definition) is 1. The average Bonchev–Trinajstić information content (AvgIpc) is 2.05. The van der Waals surface area contributed by atoms with Gasteiger partial charge in [-0.3, -0.25) is 4.79 Å². The lowest BCUT2D eigenvalue weighted by Crippen LogP contribution is -2.18. The molecule has 0 aliphatic heterocycles. The van der Waals surface area contributed by atoms with E-state index in [1.165, 1.54) is 0 Å². The minimum absolute atomic E-state index is 0.392.